The van der Waals surface area contributed by atoms with Crippen LogP contribution in [0.15, 0.2) is 27.4 Å². The van der Waals surface area contributed by atoms with Crippen molar-refractivity contribution in [3.63, 3.8) is 0 Å². The first-order valence-electron chi connectivity index (χ1n) is 6.53. The van der Waals surface area contributed by atoms with Gasteiger partial charge in [-0.15, -0.1) is 0 Å². The molecule has 0 saturated carbocycles. The standard InChI is InChI=1S/C14H18N2O2/c1-16-12-8-10(4-5-13(12)18-14(16)17)7-11-3-2-6-15-9-11/h4-5,8,11,15H,2-3,6-7,9H2,1H3. The molecule has 1 aromatic carbocycles. The molecule has 1 aliphatic rings. The Kier molecular flexibility index (Phi) is 2.96. The van der Waals surface area contributed by atoms with E-state index in [2.05, 4.69) is 17.4 Å². The molecule has 0 radical (unpaired) electrons. The van der Waals surface area contributed by atoms with Crippen LogP contribution < -0.4 is 11.1 Å². The lowest BCUT2D eigenvalue weighted by molar-refractivity contribution is 0.376. The van der Waals surface area contributed by atoms with Gasteiger partial charge in [0.2, 0.25) is 0 Å². The molecule has 4 nitrogen and oxygen atoms in total. The third-order valence-electron chi connectivity index (χ3n) is 3.78. The largest absolute Gasteiger partial charge is 0.419 e. The third-order valence-corrected chi connectivity index (χ3v) is 3.78. The van der Waals surface area contributed by atoms with Crippen LogP contribution in [0.4, 0.5) is 0 Å². The molecule has 0 amide bonds. The fourth-order valence-electron chi connectivity index (χ4n) is 2.73. The van der Waals surface area contributed by atoms with E-state index in [1.807, 2.05) is 6.07 Å². The van der Waals surface area contributed by atoms with Crippen LogP contribution in [0.2, 0.25) is 0 Å². The van der Waals surface area contributed by atoms with Gasteiger partial charge in [-0.05, 0) is 56.0 Å². The monoisotopic (exact) mass is 246 g/mol. The molecule has 1 N–H and O–H groups in total. The molecule has 2 aromatic rings. The SMILES string of the molecule is Cn1c(=O)oc2ccc(CC3CCCNC3)cc21. The van der Waals surface area contributed by atoms with E-state index in [-0.39, 0.29) is 5.76 Å². The summed E-state index contributed by atoms with van der Waals surface area (Å²) in [5.74, 6) is 0.418. The third kappa shape index (κ3) is 2.08. The molecule has 1 fully saturated rings. The highest BCUT2D eigenvalue weighted by Gasteiger charge is 2.14. The summed E-state index contributed by atoms with van der Waals surface area (Å²) in [6.45, 7) is 2.24. The van der Waals surface area contributed by atoms with Crippen molar-refractivity contribution in [2.24, 2.45) is 13.0 Å². The van der Waals surface area contributed by atoms with Gasteiger partial charge in [-0.1, -0.05) is 6.07 Å². The lowest BCUT2D eigenvalue weighted by Gasteiger charge is -2.22. The van der Waals surface area contributed by atoms with Gasteiger partial charge in [0.25, 0.3) is 0 Å². The van der Waals surface area contributed by atoms with Crippen molar-refractivity contribution >= 4 is 11.1 Å². The van der Waals surface area contributed by atoms with E-state index in [4.69, 9.17) is 4.42 Å². The number of piperidine rings is 1. The van der Waals surface area contributed by atoms with Crippen molar-refractivity contribution in [1.82, 2.24) is 9.88 Å². The molecule has 2 heterocycles. The van der Waals surface area contributed by atoms with Gasteiger partial charge in [0.15, 0.2) is 5.58 Å². The van der Waals surface area contributed by atoms with Gasteiger partial charge in [-0.2, -0.15) is 0 Å². The van der Waals surface area contributed by atoms with E-state index in [1.165, 1.54) is 18.4 Å². The molecule has 0 spiro atoms. The number of nitrogens with one attached hydrogen (secondary N) is 1. The average Bonchev–Trinajstić information content (AvgIpc) is 2.67. The second-order valence-corrected chi connectivity index (χ2v) is 5.15. The number of nitrogens with zero attached hydrogens (tertiary/aromatic N) is 1. The van der Waals surface area contributed by atoms with Gasteiger partial charge in [-0.3, -0.25) is 4.57 Å². The van der Waals surface area contributed by atoms with E-state index < -0.39 is 0 Å². The molecule has 0 bridgehead atoms. The number of fused-ring (bicyclic) bond motifs is 1. The van der Waals surface area contributed by atoms with Crippen molar-refractivity contribution < 1.29 is 4.42 Å². The first-order chi connectivity index (χ1) is 8.74. The van der Waals surface area contributed by atoms with E-state index in [0.717, 1.165) is 25.0 Å². The van der Waals surface area contributed by atoms with E-state index in [1.54, 1.807) is 11.6 Å². The molecule has 1 aromatic heterocycles. The minimum Gasteiger partial charge on any atom is -0.408 e. The number of benzene rings is 1. The molecule has 1 atom stereocenters. The molecule has 18 heavy (non-hydrogen) atoms. The van der Waals surface area contributed by atoms with Crippen LogP contribution in [-0.2, 0) is 13.5 Å². The minimum atomic E-state index is -0.290. The Morgan fingerprint density at radius 1 is 1.50 bits per heavy atom. The lowest BCUT2D eigenvalue weighted by Crippen LogP contribution is -2.30. The zero-order valence-electron chi connectivity index (χ0n) is 10.6. The smallest absolute Gasteiger partial charge is 0.408 e. The normalized spacial score (nSPS) is 20.4. The number of oxazole rings is 1. The summed E-state index contributed by atoms with van der Waals surface area (Å²) in [7, 11) is 1.75. The number of hydrogen-bond donors (Lipinski definition) is 1. The first kappa shape index (κ1) is 11.5. The topological polar surface area (TPSA) is 47.2 Å². The second-order valence-electron chi connectivity index (χ2n) is 5.15. The molecule has 0 aliphatic carbocycles. The average molecular weight is 246 g/mol. The van der Waals surface area contributed by atoms with Crippen LogP contribution in [0, 0.1) is 5.92 Å². The molecule has 1 unspecified atom stereocenters. The molecule has 96 valence electrons. The van der Waals surface area contributed by atoms with Crippen molar-refractivity contribution in [3.8, 4) is 0 Å². The van der Waals surface area contributed by atoms with E-state index in [9.17, 15) is 4.79 Å². The van der Waals surface area contributed by atoms with Crippen molar-refractivity contribution in [2.75, 3.05) is 13.1 Å². The molecule has 1 aliphatic heterocycles. The Bertz CT molecular complexity index is 606. The lowest BCUT2D eigenvalue weighted by atomic mass is 9.92. The highest BCUT2D eigenvalue weighted by Crippen LogP contribution is 2.20. The van der Waals surface area contributed by atoms with Gasteiger partial charge < -0.3 is 9.73 Å². The number of aromatic nitrogens is 1. The summed E-state index contributed by atoms with van der Waals surface area (Å²) < 4.78 is 6.71. The summed E-state index contributed by atoms with van der Waals surface area (Å²) in [6.07, 6.45) is 3.62. The zero-order chi connectivity index (χ0) is 12.5. The highest BCUT2D eigenvalue weighted by molar-refractivity contribution is 5.73. The van der Waals surface area contributed by atoms with E-state index in [0.29, 0.717) is 11.5 Å². The first-order valence-corrected chi connectivity index (χ1v) is 6.53. The summed E-state index contributed by atoms with van der Waals surface area (Å²) in [5.41, 5.74) is 2.85. The van der Waals surface area contributed by atoms with Crippen LogP contribution in [-0.4, -0.2) is 17.7 Å². The summed E-state index contributed by atoms with van der Waals surface area (Å²) in [6, 6.07) is 6.05. The van der Waals surface area contributed by atoms with Crippen molar-refractivity contribution in [3.05, 3.63) is 34.3 Å². The molecule has 3 rings (SSSR count). The number of aryl methyl sites for hydroxylation is 1. The zero-order valence-corrected chi connectivity index (χ0v) is 10.6. The van der Waals surface area contributed by atoms with Crippen LogP contribution in [0.5, 0.6) is 0 Å². The Balaban J connectivity index is 1.88. The molecular weight excluding hydrogens is 228 g/mol. The van der Waals surface area contributed by atoms with Crippen LogP contribution >= 0.6 is 0 Å². The molecular formula is C14H18N2O2. The fourth-order valence-corrected chi connectivity index (χ4v) is 2.73. The fraction of sp³-hybridized carbons (Fsp3) is 0.500. The van der Waals surface area contributed by atoms with Gasteiger partial charge >= 0.3 is 5.76 Å². The van der Waals surface area contributed by atoms with Crippen LogP contribution in [0.3, 0.4) is 0 Å². The number of hydrogen-bond acceptors (Lipinski definition) is 3. The predicted molar refractivity (Wildman–Crippen MR) is 70.8 cm³/mol. The van der Waals surface area contributed by atoms with Gasteiger partial charge in [0.1, 0.15) is 0 Å². The maximum Gasteiger partial charge on any atom is 0.419 e. The summed E-state index contributed by atoms with van der Waals surface area (Å²) in [4.78, 5) is 11.4. The quantitative estimate of drug-likeness (QED) is 0.877. The van der Waals surface area contributed by atoms with Crippen LogP contribution in [0.1, 0.15) is 18.4 Å². The van der Waals surface area contributed by atoms with Gasteiger partial charge in [-0.25, -0.2) is 4.79 Å². The van der Waals surface area contributed by atoms with Gasteiger partial charge in [0.05, 0.1) is 5.52 Å². The van der Waals surface area contributed by atoms with Crippen LogP contribution in [0.25, 0.3) is 11.1 Å². The number of rotatable bonds is 2. The Labute approximate surface area is 106 Å². The molecule has 4 heteroatoms. The van der Waals surface area contributed by atoms with Crippen molar-refractivity contribution in [2.45, 2.75) is 19.3 Å². The predicted octanol–water partition coefficient (Wildman–Crippen LogP) is 1.67. The van der Waals surface area contributed by atoms with Crippen molar-refractivity contribution in [1.29, 1.82) is 0 Å². The Hall–Kier alpha value is -1.55. The summed E-state index contributed by atoms with van der Waals surface area (Å²) in [5, 5.41) is 3.43. The minimum absolute atomic E-state index is 0.290. The Morgan fingerprint density at radius 3 is 3.17 bits per heavy atom. The molecule has 1 saturated heterocycles. The van der Waals surface area contributed by atoms with Gasteiger partial charge in [0, 0.05) is 7.05 Å². The Morgan fingerprint density at radius 2 is 2.39 bits per heavy atom. The van der Waals surface area contributed by atoms with E-state index >= 15 is 0 Å². The maximum atomic E-state index is 11.4. The highest BCUT2D eigenvalue weighted by atomic mass is 16.4. The second kappa shape index (κ2) is 4.61. The maximum absolute atomic E-state index is 11.4. The summed E-state index contributed by atoms with van der Waals surface area (Å²) >= 11 is 0.